The molecule has 1 amide bonds. The van der Waals surface area contributed by atoms with E-state index in [1.54, 1.807) is 25.2 Å². The summed E-state index contributed by atoms with van der Waals surface area (Å²) in [5.74, 6) is -0.223. The lowest BCUT2D eigenvalue weighted by Gasteiger charge is -2.26. The molecule has 1 fully saturated rings. The molecule has 24 heavy (non-hydrogen) atoms. The maximum Gasteiger partial charge on any atom is 0.274 e. The van der Waals surface area contributed by atoms with Crippen molar-refractivity contribution in [2.75, 3.05) is 19.6 Å². The lowest BCUT2D eigenvalue weighted by Crippen LogP contribution is -2.42. The minimum atomic E-state index is -0.223. The molecular weight excluding hydrogens is 304 g/mol. The van der Waals surface area contributed by atoms with Gasteiger partial charge in [-0.15, -0.1) is 0 Å². The van der Waals surface area contributed by atoms with Gasteiger partial charge in [-0.25, -0.2) is 4.68 Å². The van der Waals surface area contributed by atoms with Crippen molar-refractivity contribution in [2.24, 2.45) is 7.05 Å². The number of amides is 1. The molecule has 0 radical (unpaired) electrons. The van der Waals surface area contributed by atoms with Gasteiger partial charge in [0.25, 0.3) is 11.5 Å². The number of rotatable bonds is 5. The fraction of sp³-hybridized carbons (Fsp3) is 0.500. The molecule has 1 aliphatic heterocycles. The zero-order chi connectivity index (χ0) is 17.1. The molecule has 1 unspecified atom stereocenters. The summed E-state index contributed by atoms with van der Waals surface area (Å²) in [6, 6.07) is 7.48. The Balaban J connectivity index is 1.81. The largest absolute Gasteiger partial charge is 0.349 e. The molecule has 2 aromatic rings. The van der Waals surface area contributed by atoms with Crippen LogP contribution in [-0.4, -0.2) is 46.3 Å². The summed E-state index contributed by atoms with van der Waals surface area (Å²) in [6.45, 7) is 4.97. The van der Waals surface area contributed by atoms with Crippen LogP contribution in [0, 0.1) is 0 Å². The highest BCUT2D eigenvalue weighted by Gasteiger charge is 2.22. The van der Waals surface area contributed by atoms with Crippen molar-refractivity contribution < 1.29 is 4.79 Å². The van der Waals surface area contributed by atoms with Crippen LogP contribution >= 0.6 is 0 Å². The summed E-state index contributed by atoms with van der Waals surface area (Å²) in [7, 11) is 1.57. The predicted molar refractivity (Wildman–Crippen MR) is 94.2 cm³/mol. The second kappa shape index (κ2) is 7.13. The molecule has 0 saturated carbocycles. The van der Waals surface area contributed by atoms with E-state index in [0.29, 0.717) is 29.1 Å². The molecule has 0 spiro atoms. The molecule has 128 valence electrons. The van der Waals surface area contributed by atoms with Crippen molar-refractivity contribution in [1.82, 2.24) is 20.0 Å². The lowest BCUT2D eigenvalue weighted by molar-refractivity contribution is 0.0932. The van der Waals surface area contributed by atoms with Crippen LogP contribution in [0.25, 0.3) is 10.8 Å². The topological polar surface area (TPSA) is 67.2 Å². The fourth-order valence-corrected chi connectivity index (χ4v) is 3.40. The smallest absolute Gasteiger partial charge is 0.274 e. The number of nitrogens with one attached hydrogen (secondary N) is 1. The molecule has 0 aliphatic carbocycles. The molecule has 1 aromatic heterocycles. The van der Waals surface area contributed by atoms with Gasteiger partial charge in [-0.3, -0.25) is 14.5 Å². The number of hydrogen-bond donors (Lipinski definition) is 1. The number of hydrogen-bond acceptors (Lipinski definition) is 4. The van der Waals surface area contributed by atoms with E-state index >= 15 is 0 Å². The van der Waals surface area contributed by atoms with E-state index < -0.39 is 0 Å². The summed E-state index contributed by atoms with van der Waals surface area (Å²) >= 11 is 0. The molecule has 0 bridgehead atoms. The van der Waals surface area contributed by atoms with Crippen molar-refractivity contribution in [2.45, 2.75) is 32.2 Å². The first-order chi connectivity index (χ1) is 11.6. The van der Waals surface area contributed by atoms with Crippen LogP contribution in [0.1, 0.15) is 36.7 Å². The number of carbonyl (C=O) groups excluding carboxylic acids is 1. The van der Waals surface area contributed by atoms with E-state index in [4.69, 9.17) is 0 Å². The fourth-order valence-electron chi connectivity index (χ4n) is 3.40. The summed E-state index contributed by atoms with van der Waals surface area (Å²) in [5.41, 5.74) is 0.120. The van der Waals surface area contributed by atoms with E-state index in [1.807, 2.05) is 6.07 Å². The molecule has 1 N–H and O–H groups in total. The molecular formula is C18H24N4O2. The minimum absolute atomic E-state index is 0.189. The third-order valence-corrected chi connectivity index (χ3v) is 4.80. The third kappa shape index (κ3) is 3.19. The zero-order valence-electron chi connectivity index (χ0n) is 14.3. The first-order valence-corrected chi connectivity index (χ1v) is 8.60. The van der Waals surface area contributed by atoms with E-state index in [-0.39, 0.29) is 11.5 Å². The van der Waals surface area contributed by atoms with Crippen LogP contribution < -0.4 is 10.9 Å². The predicted octanol–water partition coefficient (Wildman–Crippen LogP) is 1.54. The molecule has 6 nitrogen and oxygen atoms in total. The van der Waals surface area contributed by atoms with E-state index in [9.17, 15) is 9.59 Å². The van der Waals surface area contributed by atoms with Crippen LogP contribution in [0.4, 0.5) is 0 Å². The normalized spacial score (nSPS) is 16.4. The third-order valence-electron chi connectivity index (χ3n) is 4.80. The van der Waals surface area contributed by atoms with Crippen molar-refractivity contribution in [1.29, 1.82) is 0 Å². The molecule has 3 rings (SSSR count). The van der Waals surface area contributed by atoms with Gasteiger partial charge in [0.1, 0.15) is 0 Å². The summed E-state index contributed by atoms with van der Waals surface area (Å²) in [5, 5.41) is 8.31. The Morgan fingerprint density at radius 3 is 2.58 bits per heavy atom. The standard InChI is InChI=1S/C18H24N4O2/c1-3-13(22-10-6-7-11-22)12-19-17(23)16-14-8-4-5-9-15(14)18(24)21(2)20-16/h4-5,8-9,13H,3,6-7,10-12H2,1-2H3,(H,19,23). The second-order valence-electron chi connectivity index (χ2n) is 6.34. The van der Waals surface area contributed by atoms with Crippen molar-refractivity contribution in [3.63, 3.8) is 0 Å². The van der Waals surface area contributed by atoms with Crippen LogP contribution in [0.2, 0.25) is 0 Å². The number of aromatic nitrogens is 2. The van der Waals surface area contributed by atoms with Gasteiger partial charge in [0.15, 0.2) is 5.69 Å². The van der Waals surface area contributed by atoms with Gasteiger partial charge >= 0.3 is 0 Å². The summed E-state index contributed by atoms with van der Waals surface area (Å²) in [6.07, 6.45) is 3.47. The Hall–Kier alpha value is -2.21. The van der Waals surface area contributed by atoms with E-state index in [1.165, 1.54) is 17.5 Å². The van der Waals surface area contributed by atoms with Crippen LogP contribution in [0.15, 0.2) is 29.1 Å². The van der Waals surface area contributed by atoms with Crippen molar-refractivity contribution in [3.8, 4) is 0 Å². The van der Waals surface area contributed by atoms with E-state index in [2.05, 4.69) is 22.2 Å². The number of nitrogens with zero attached hydrogens (tertiary/aromatic N) is 3. The maximum atomic E-state index is 12.6. The first kappa shape index (κ1) is 16.6. The number of likely N-dealkylation sites (tertiary alicyclic amines) is 1. The highest BCUT2D eigenvalue weighted by Crippen LogP contribution is 2.15. The van der Waals surface area contributed by atoms with Gasteiger partial charge in [0, 0.05) is 25.0 Å². The van der Waals surface area contributed by atoms with Crippen molar-refractivity contribution in [3.05, 3.63) is 40.3 Å². The van der Waals surface area contributed by atoms with Gasteiger partial charge in [0.05, 0.1) is 5.39 Å². The highest BCUT2D eigenvalue weighted by molar-refractivity contribution is 6.04. The number of benzene rings is 1. The Bertz CT molecular complexity index is 793. The minimum Gasteiger partial charge on any atom is -0.349 e. The second-order valence-corrected chi connectivity index (χ2v) is 6.34. The Kier molecular flexibility index (Phi) is 4.94. The quantitative estimate of drug-likeness (QED) is 0.904. The zero-order valence-corrected chi connectivity index (χ0v) is 14.3. The van der Waals surface area contributed by atoms with E-state index in [0.717, 1.165) is 19.5 Å². The van der Waals surface area contributed by atoms with Crippen molar-refractivity contribution >= 4 is 16.7 Å². The van der Waals surface area contributed by atoms with Gasteiger partial charge < -0.3 is 5.32 Å². The maximum absolute atomic E-state index is 12.6. The van der Waals surface area contributed by atoms with Gasteiger partial charge in [-0.1, -0.05) is 25.1 Å². The summed E-state index contributed by atoms with van der Waals surface area (Å²) < 4.78 is 1.23. The average molecular weight is 328 g/mol. The molecule has 2 heterocycles. The van der Waals surface area contributed by atoms with Crippen LogP contribution in [0.3, 0.4) is 0 Å². The lowest BCUT2D eigenvalue weighted by atomic mass is 10.1. The highest BCUT2D eigenvalue weighted by atomic mass is 16.2. The first-order valence-electron chi connectivity index (χ1n) is 8.60. The average Bonchev–Trinajstić information content (AvgIpc) is 3.13. The SMILES string of the molecule is CCC(CNC(=O)c1nn(C)c(=O)c2ccccc12)N1CCCC1. The van der Waals surface area contributed by atoms with Crippen LogP contribution in [0.5, 0.6) is 0 Å². The number of aryl methyl sites for hydroxylation is 1. The Labute approximate surface area is 141 Å². The molecule has 1 aliphatic rings. The molecule has 1 atom stereocenters. The Morgan fingerprint density at radius 1 is 1.25 bits per heavy atom. The monoisotopic (exact) mass is 328 g/mol. The van der Waals surface area contributed by atoms with Gasteiger partial charge in [-0.05, 0) is 38.4 Å². The molecule has 6 heteroatoms. The number of fused-ring (bicyclic) bond motifs is 1. The van der Waals surface area contributed by atoms with Crippen LogP contribution in [-0.2, 0) is 7.05 Å². The molecule has 1 aromatic carbocycles. The number of carbonyl (C=O) groups is 1. The Morgan fingerprint density at radius 2 is 1.92 bits per heavy atom. The summed E-state index contributed by atoms with van der Waals surface area (Å²) in [4.78, 5) is 27.2. The molecule has 1 saturated heterocycles. The van der Waals surface area contributed by atoms with Gasteiger partial charge in [0.2, 0.25) is 0 Å². The van der Waals surface area contributed by atoms with Gasteiger partial charge in [-0.2, -0.15) is 5.10 Å².